The van der Waals surface area contributed by atoms with Gasteiger partial charge in [-0.2, -0.15) is 5.26 Å². The Morgan fingerprint density at radius 1 is 1.47 bits per heavy atom. The molecule has 6 nitrogen and oxygen atoms in total. The summed E-state index contributed by atoms with van der Waals surface area (Å²) in [7, 11) is 0. The average Bonchev–Trinajstić information content (AvgIpc) is 2.39. The minimum absolute atomic E-state index is 0.0578. The number of piperidine rings is 1. The Labute approximate surface area is 111 Å². The van der Waals surface area contributed by atoms with Gasteiger partial charge < -0.3 is 10.6 Å². The molecule has 0 saturated carbocycles. The number of nitro benzene ring substituents is 1. The van der Waals surface area contributed by atoms with Gasteiger partial charge in [-0.15, -0.1) is 0 Å². The molecule has 100 valence electrons. The normalized spacial score (nSPS) is 17.5. The predicted octanol–water partition coefficient (Wildman–Crippen LogP) is 2.02. The molecule has 0 amide bonds. The maximum absolute atomic E-state index is 10.7. The van der Waals surface area contributed by atoms with Gasteiger partial charge >= 0.3 is 0 Å². The van der Waals surface area contributed by atoms with Gasteiger partial charge in [-0.3, -0.25) is 10.1 Å². The van der Waals surface area contributed by atoms with E-state index in [1.807, 2.05) is 6.07 Å². The smallest absolute Gasteiger partial charge is 0.270 e. The lowest BCUT2D eigenvalue weighted by Gasteiger charge is -2.36. The van der Waals surface area contributed by atoms with E-state index in [0.29, 0.717) is 11.3 Å². The summed E-state index contributed by atoms with van der Waals surface area (Å²) in [6, 6.07) is 6.37. The molecule has 1 aliphatic heterocycles. The van der Waals surface area contributed by atoms with Crippen LogP contribution in [0.1, 0.15) is 25.3 Å². The van der Waals surface area contributed by atoms with Crippen LogP contribution in [0, 0.1) is 21.4 Å². The zero-order valence-electron chi connectivity index (χ0n) is 10.8. The minimum atomic E-state index is -0.489. The van der Waals surface area contributed by atoms with Crippen LogP contribution in [0.5, 0.6) is 0 Å². The molecule has 1 aromatic carbocycles. The summed E-state index contributed by atoms with van der Waals surface area (Å²) in [6.45, 7) is 3.97. The zero-order chi connectivity index (χ0) is 13.9. The molecule has 1 aliphatic rings. The number of hydrogen-bond donors (Lipinski definition) is 2. The number of rotatable bonds is 3. The highest BCUT2D eigenvalue weighted by Crippen LogP contribution is 2.28. The molecule has 1 fully saturated rings. The van der Waals surface area contributed by atoms with Crippen molar-refractivity contribution in [3.8, 4) is 6.07 Å². The van der Waals surface area contributed by atoms with E-state index in [4.69, 9.17) is 5.26 Å². The molecule has 0 radical (unpaired) electrons. The number of nitrogens with one attached hydrogen (secondary N) is 2. The number of benzene rings is 1. The van der Waals surface area contributed by atoms with Crippen LogP contribution in [0.4, 0.5) is 11.4 Å². The number of anilines is 1. The summed E-state index contributed by atoms with van der Waals surface area (Å²) in [6.07, 6.45) is 1.91. The van der Waals surface area contributed by atoms with E-state index in [2.05, 4.69) is 17.6 Å². The molecule has 0 bridgehead atoms. The average molecular weight is 260 g/mol. The van der Waals surface area contributed by atoms with Crippen LogP contribution in [0.15, 0.2) is 18.2 Å². The van der Waals surface area contributed by atoms with Crippen molar-refractivity contribution in [3.05, 3.63) is 33.9 Å². The third kappa shape index (κ3) is 3.01. The molecule has 1 aromatic rings. The Kier molecular flexibility index (Phi) is 3.67. The molecule has 2 N–H and O–H groups in total. The first kappa shape index (κ1) is 13.3. The van der Waals surface area contributed by atoms with E-state index in [1.165, 1.54) is 12.1 Å². The first-order valence-electron chi connectivity index (χ1n) is 6.21. The summed E-state index contributed by atoms with van der Waals surface area (Å²) >= 11 is 0. The molecule has 0 aliphatic carbocycles. The van der Waals surface area contributed by atoms with Crippen molar-refractivity contribution < 1.29 is 4.92 Å². The van der Waals surface area contributed by atoms with Crippen molar-refractivity contribution in [1.82, 2.24) is 5.32 Å². The molecule has 6 heteroatoms. The number of non-ortho nitro benzene ring substituents is 1. The lowest BCUT2D eigenvalue weighted by molar-refractivity contribution is -0.384. The Morgan fingerprint density at radius 2 is 2.16 bits per heavy atom. The van der Waals surface area contributed by atoms with E-state index in [9.17, 15) is 10.1 Å². The van der Waals surface area contributed by atoms with Gasteiger partial charge in [0.2, 0.25) is 0 Å². The van der Waals surface area contributed by atoms with Gasteiger partial charge in [-0.05, 0) is 38.9 Å². The molecular formula is C13H16N4O2. The highest BCUT2D eigenvalue weighted by Gasteiger charge is 2.27. The topological polar surface area (TPSA) is 91.0 Å². The van der Waals surface area contributed by atoms with Crippen molar-refractivity contribution in [3.63, 3.8) is 0 Å². The van der Waals surface area contributed by atoms with E-state index in [1.54, 1.807) is 6.07 Å². The van der Waals surface area contributed by atoms with Crippen molar-refractivity contribution in [2.24, 2.45) is 0 Å². The van der Waals surface area contributed by atoms with Crippen molar-refractivity contribution in [1.29, 1.82) is 5.26 Å². The van der Waals surface area contributed by atoms with Crippen LogP contribution < -0.4 is 10.6 Å². The van der Waals surface area contributed by atoms with Crippen LogP contribution in [0.3, 0.4) is 0 Å². The second kappa shape index (κ2) is 5.24. The number of nitriles is 1. The van der Waals surface area contributed by atoms with Crippen molar-refractivity contribution in [2.75, 3.05) is 18.4 Å². The third-order valence-electron chi connectivity index (χ3n) is 3.48. The van der Waals surface area contributed by atoms with Crippen LogP contribution in [0.2, 0.25) is 0 Å². The molecule has 2 rings (SSSR count). The van der Waals surface area contributed by atoms with Gasteiger partial charge in [-0.25, -0.2) is 0 Å². The highest BCUT2D eigenvalue weighted by atomic mass is 16.6. The Bertz CT molecular complexity index is 530. The van der Waals surface area contributed by atoms with Crippen LogP contribution in [-0.4, -0.2) is 23.6 Å². The summed E-state index contributed by atoms with van der Waals surface area (Å²) < 4.78 is 0. The number of nitro groups is 1. The predicted molar refractivity (Wildman–Crippen MR) is 71.9 cm³/mol. The first-order valence-corrected chi connectivity index (χ1v) is 6.21. The van der Waals surface area contributed by atoms with E-state index >= 15 is 0 Å². The van der Waals surface area contributed by atoms with Gasteiger partial charge in [0, 0.05) is 17.7 Å². The Morgan fingerprint density at radius 3 is 2.74 bits per heavy atom. The lowest BCUT2D eigenvalue weighted by atomic mass is 9.90. The molecule has 0 unspecified atom stereocenters. The van der Waals surface area contributed by atoms with Gasteiger partial charge in [0.25, 0.3) is 5.69 Å². The second-order valence-electron chi connectivity index (χ2n) is 5.03. The third-order valence-corrected chi connectivity index (χ3v) is 3.48. The fourth-order valence-corrected chi connectivity index (χ4v) is 2.28. The number of hydrogen-bond acceptors (Lipinski definition) is 5. The fraction of sp³-hybridized carbons (Fsp3) is 0.462. The SMILES string of the molecule is CC1(Nc2ccc([N+](=O)[O-])cc2C#N)CCNCC1. The highest BCUT2D eigenvalue weighted by molar-refractivity contribution is 5.62. The van der Waals surface area contributed by atoms with Crippen molar-refractivity contribution >= 4 is 11.4 Å². The quantitative estimate of drug-likeness (QED) is 0.641. The lowest BCUT2D eigenvalue weighted by Crippen LogP contribution is -2.45. The van der Waals surface area contributed by atoms with Crippen LogP contribution in [0.25, 0.3) is 0 Å². The second-order valence-corrected chi connectivity index (χ2v) is 5.03. The van der Waals surface area contributed by atoms with Gasteiger partial charge in [-0.1, -0.05) is 0 Å². The summed E-state index contributed by atoms with van der Waals surface area (Å²) in [5.41, 5.74) is 0.844. The number of nitrogens with zero attached hydrogens (tertiary/aromatic N) is 2. The fourth-order valence-electron chi connectivity index (χ4n) is 2.28. The molecule has 0 aromatic heterocycles. The standard InChI is InChI=1S/C13H16N4O2/c1-13(4-6-15-7-5-13)16-12-3-2-11(17(18)19)8-10(12)9-14/h2-3,8,15-16H,4-7H2,1H3. The molecule has 0 spiro atoms. The largest absolute Gasteiger partial charge is 0.379 e. The maximum atomic E-state index is 10.7. The molecular weight excluding hydrogens is 244 g/mol. The van der Waals surface area contributed by atoms with Gasteiger partial charge in [0.15, 0.2) is 0 Å². The van der Waals surface area contributed by atoms with Gasteiger partial charge in [0.05, 0.1) is 16.2 Å². The monoisotopic (exact) mass is 260 g/mol. The molecule has 1 saturated heterocycles. The molecule has 19 heavy (non-hydrogen) atoms. The van der Waals surface area contributed by atoms with E-state index in [0.717, 1.165) is 25.9 Å². The maximum Gasteiger partial charge on any atom is 0.270 e. The molecule has 1 heterocycles. The Hall–Kier alpha value is -2.13. The summed E-state index contributed by atoms with van der Waals surface area (Å²) in [5.74, 6) is 0. The van der Waals surface area contributed by atoms with E-state index < -0.39 is 4.92 Å². The Balaban J connectivity index is 2.25. The van der Waals surface area contributed by atoms with Gasteiger partial charge in [0.1, 0.15) is 6.07 Å². The van der Waals surface area contributed by atoms with E-state index in [-0.39, 0.29) is 11.2 Å². The summed E-state index contributed by atoms with van der Waals surface area (Å²) in [5, 5.41) is 26.5. The minimum Gasteiger partial charge on any atom is -0.379 e. The first-order chi connectivity index (χ1) is 9.04. The van der Waals surface area contributed by atoms with Crippen LogP contribution in [-0.2, 0) is 0 Å². The zero-order valence-corrected chi connectivity index (χ0v) is 10.8. The van der Waals surface area contributed by atoms with Crippen LogP contribution >= 0.6 is 0 Å². The molecule has 0 atom stereocenters. The van der Waals surface area contributed by atoms with Crippen molar-refractivity contribution in [2.45, 2.75) is 25.3 Å². The summed E-state index contributed by atoms with van der Waals surface area (Å²) in [4.78, 5) is 10.2.